The van der Waals surface area contributed by atoms with Crippen LogP contribution >= 0.6 is 0 Å². The molecule has 0 saturated carbocycles. The average Bonchev–Trinajstić information content (AvgIpc) is 2.67. The Bertz CT molecular complexity index is 765. The van der Waals surface area contributed by atoms with Crippen molar-refractivity contribution >= 4 is 17.8 Å². The summed E-state index contributed by atoms with van der Waals surface area (Å²) in [5, 5.41) is 2.50. The normalized spacial score (nSPS) is 12.6. The van der Waals surface area contributed by atoms with E-state index in [1.807, 2.05) is 60.7 Å². The fourth-order valence-electron chi connectivity index (χ4n) is 2.42. The summed E-state index contributed by atoms with van der Waals surface area (Å²) in [5.74, 6) is -1.90. The van der Waals surface area contributed by atoms with Gasteiger partial charge in [0, 0.05) is 6.42 Å². The van der Waals surface area contributed by atoms with Crippen molar-refractivity contribution in [2.24, 2.45) is 11.5 Å². The Labute approximate surface area is 157 Å². The van der Waals surface area contributed by atoms with Crippen LogP contribution in [0.15, 0.2) is 60.7 Å². The summed E-state index contributed by atoms with van der Waals surface area (Å²) < 4.78 is 5.11. The van der Waals surface area contributed by atoms with Gasteiger partial charge < -0.3 is 21.5 Å². The van der Waals surface area contributed by atoms with E-state index in [1.165, 1.54) is 0 Å². The number of amides is 2. The Morgan fingerprint density at radius 2 is 1.48 bits per heavy atom. The molecule has 142 valence electrons. The van der Waals surface area contributed by atoms with Crippen molar-refractivity contribution in [3.05, 3.63) is 71.8 Å². The lowest BCUT2D eigenvalue weighted by Gasteiger charge is -2.18. The second kappa shape index (κ2) is 10.1. The largest absolute Gasteiger partial charge is 0.461 e. The standard InChI is InChI=1S/C20H23N3O4/c21-16(12-18(24)27-13-15-9-5-2-6-10-15)20(26)23-17(19(22)25)11-14-7-3-1-4-8-14/h1-10,16-17H,11-13,21H2,(H2,22,25)(H,23,26)/t16-,17-/m0/s1. The maximum atomic E-state index is 12.2. The highest BCUT2D eigenvalue weighted by atomic mass is 16.5. The summed E-state index contributed by atoms with van der Waals surface area (Å²) in [6, 6.07) is 16.3. The van der Waals surface area contributed by atoms with Gasteiger partial charge in [-0.2, -0.15) is 0 Å². The summed E-state index contributed by atoms with van der Waals surface area (Å²) in [5.41, 5.74) is 12.8. The van der Waals surface area contributed by atoms with Crippen molar-refractivity contribution in [1.29, 1.82) is 0 Å². The number of benzene rings is 2. The Kier molecular flexibility index (Phi) is 7.51. The number of primary amides is 1. The van der Waals surface area contributed by atoms with Crippen molar-refractivity contribution in [2.45, 2.75) is 31.5 Å². The molecule has 0 aliphatic heterocycles. The van der Waals surface area contributed by atoms with Crippen molar-refractivity contribution in [3.8, 4) is 0 Å². The molecule has 0 heterocycles. The zero-order valence-corrected chi connectivity index (χ0v) is 14.8. The van der Waals surface area contributed by atoms with Gasteiger partial charge in [-0.05, 0) is 11.1 Å². The third kappa shape index (κ3) is 6.91. The van der Waals surface area contributed by atoms with Gasteiger partial charge in [0.15, 0.2) is 0 Å². The van der Waals surface area contributed by atoms with E-state index in [0.29, 0.717) is 0 Å². The summed E-state index contributed by atoms with van der Waals surface area (Å²) in [7, 11) is 0. The highest BCUT2D eigenvalue weighted by Gasteiger charge is 2.24. The van der Waals surface area contributed by atoms with Crippen molar-refractivity contribution in [2.75, 3.05) is 0 Å². The van der Waals surface area contributed by atoms with Crippen LogP contribution in [0.3, 0.4) is 0 Å². The van der Waals surface area contributed by atoms with Crippen molar-refractivity contribution in [1.82, 2.24) is 5.32 Å². The van der Waals surface area contributed by atoms with Gasteiger partial charge in [0.05, 0.1) is 12.5 Å². The molecule has 0 spiro atoms. The number of hydrogen-bond acceptors (Lipinski definition) is 5. The fraction of sp³-hybridized carbons (Fsp3) is 0.250. The molecule has 7 nitrogen and oxygen atoms in total. The minimum atomic E-state index is -1.13. The predicted octanol–water partition coefficient (Wildman–Crippen LogP) is 0.660. The number of nitrogens with two attached hydrogens (primary N) is 2. The molecule has 0 aliphatic carbocycles. The number of esters is 1. The molecule has 2 atom stereocenters. The molecule has 0 bridgehead atoms. The molecule has 0 saturated heterocycles. The lowest BCUT2D eigenvalue weighted by molar-refractivity contribution is -0.146. The van der Waals surface area contributed by atoms with Gasteiger partial charge in [-0.15, -0.1) is 0 Å². The number of rotatable bonds is 9. The molecule has 0 aromatic heterocycles. The predicted molar refractivity (Wildman–Crippen MR) is 100 cm³/mol. The van der Waals surface area contributed by atoms with Crippen molar-refractivity contribution in [3.63, 3.8) is 0 Å². The Morgan fingerprint density at radius 3 is 2.04 bits per heavy atom. The van der Waals surface area contributed by atoms with Crippen LogP contribution in [0.1, 0.15) is 17.5 Å². The SMILES string of the molecule is NC(=O)[C@H](Cc1ccccc1)NC(=O)[C@@H](N)CC(=O)OCc1ccccc1. The number of hydrogen-bond donors (Lipinski definition) is 3. The van der Waals surface area contributed by atoms with Crippen LogP contribution in [0.5, 0.6) is 0 Å². The Morgan fingerprint density at radius 1 is 0.926 bits per heavy atom. The zero-order valence-electron chi connectivity index (χ0n) is 14.8. The minimum absolute atomic E-state index is 0.103. The third-order valence-electron chi connectivity index (χ3n) is 3.91. The molecule has 0 unspecified atom stereocenters. The zero-order chi connectivity index (χ0) is 19.6. The van der Waals surface area contributed by atoms with Gasteiger partial charge in [-0.1, -0.05) is 60.7 Å². The maximum absolute atomic E-state index is 12.2. The molecule has 5 N–H and O–H groups in total. The van der Waals surface area contributed by atoms with Crippen LogP contribution in [0.25, 0.3) is 0 Å². The van der Waals surface area contributed by atoms with Gasteiger partial charge in [0.1, 0.15) is 12.6 Å². The molecule has 2 aromatic rings. The molecular weight excluding hydrogens is 346 g/mol. The quantitative estimate of drug-likeness (QED) is 0.560. The molecule has 0 aliphatic rings. The Balaban J connectivity index is 1.83. The van der Waals surface area contributed by atoms with Crippen LogP contribution in [0.4, 0.5) is 0 Å². The summed E-state index contributed by atoms with van der Waals surface area (Å²) >= 11 is 0. The number of nitrogens with one attached hydrogen (secondary N) is 1. The van der Waals surface area contributed by atoms with E-state index in [-0.39, 0.29) is 19.4 Å². The van der Waals surface area contributed by atoms with E-state index in [9.17, 15) is 14.4 Å². The van der Waals surface area contributed by atoms with Crippen LogP contribution in [0, 0.1) is 0 Å². The molecule has 0 fully saturated rings. The number of carbonyl (C=O) groups excluding carboxylic acids is 3. The van der Waals surface area contributed by atoms with E-state index < -0.39 is 29.9 Å². The molecule has 0 radical (unpaired) electrons. The smallest absolute Gasteiger partial charge is 0.308 e. The van der Waals surface area contributed by atoms with Gasteiger partial charge in [0.25, 0.3) is 0 Å². The van der Waals surface area contributed by atoms with Crippen LogP contribution in [0.2, 0.25) is 0 Å². The van der Waals surface area contributed by atoms with Gasteiger partial charge in [0.2, 0.25) is 11.8 Å². The van der Waals surface area contributed by atoms with Crippen molar-refractivity contribution < 1.29 is 19.1 Å². The van der Waals surface area contributed by atoms with E-state index in [2.05, 4.69) is 5.32 Å². The second-order valence-corrected chi connectivity index (χ2v) is 6.11. The van der Waals surface area contributed by atoms with Gasteiger partial charge >= 0.3 is 5.97 Å². The lowest BCUT2D eigenvalue weighted by Crippen LogP contribution is -2.51. The van der Waals surface area contributed by atoms with Gasteiger partial charge in [-0.25, -0.2) is 0 Å². The maximum Gasteiger partial charge on any atom is 0.308 e. The molecule has 2 aromatic carbocycles. The summed E-state index contributed by atoms with van der Waals surface area (Å²) in [6.07, 6.45) is -0.0530. The molecule has 2 rings (SSSR count). The monoisotopic (exact) mass is 369 g/mol. The van der Waals surface area contributed by atoms with Gasteiger partial charge in [-0.3, -0.25) is 14.4 Å². The fourth-order valence-corrected chi connectivity index (χ4v) is 2.42. The van der Waals surface area contributed by atoms with Crippen LogP contribution < -0.4 is 16.8 Å². The average molecular weight is 369 g/mol. The lowest BCUT2D eigenvalue weighted by atomic mass is 10.0. The first-order valence-electron chi connectivity index (χ1n) is 8.54. The molecule has 2 amide bonds. The second-order valence-electron chi connectivity index (χ2n) is 6.11. The first kappa shape index (κ1) is 20.1. The van der Waals surface area contributed by atoms with Crippen LogP contribution in [-0.4, -0.2) is 29.9 Å². The first-order valence-corrected chi connectivity index (χ1v) is 8.54. The van der Waals surface area contributed by atoms with E-state index in [1.54, 1.807) is 0 Å². The van der Waals surface area contributed by atoms with E-state index in [0.717, 1.165) is 11.1 Å². The highest BCUT2D eigenvalue weighted by molar-refractivity contribution is 5.91. The minimum Gasteiger partial charge on any atom is -0.461 e. The topological polar surface area (TPSA) is 125 Å². The first-order chi connectivity index (χ1) is 13.0. The molecule has 7 heteroatoms. The number of carbonyl (C=O) groups is 3. The third-order valence-corrected chi connectivity index (χ3v) is 3.91. The highest BCUT2D eigenvalue weighted by Crippen LogP contribution is 2.05. The molecular formula is C20H23N3O4. The van der Waals surface area contributed by atoms with Crippen LogP contribution in [-0.2, 0) is 32.1 Å². The summed E-state index contributed by atoms with van der Waals surface area (Å²) in [6.45, 7) is 0.103. The summed E-state index contributed by atoms with van der Waals surface area (Å²) in [4.78, 5) is 35.7. The number of ether oxygens (including phenoxy) is 1. The Hall–Kier alpha value is -3.19. The van der Waals surface area contributed by atoms with E-state index >= 15 is 0 Å². The molecule has 27 heavy (non-hydrogen) atoms. The van der Waals surface area contributed by atoms with E-state index in [4.69, 9.17) is 16.2 Å².